The van der Waals surface area contributed by atoms with Gasteiger partial charge in [0, 0.05) is 36.4 Å². The molecule has 3 rings (SSSR count). The Hall–Kier alpha value is -2.62. The van der Waals surface area contributed by atoms with Gasteiger partial charge in [0.25, 0.3) is 0 Å². The number of ether oxygens (including phenoxy) is 3. The number of likely N-dealkylation sites (tertiary alicyclic amines) is 1. The van der Waals surface area contributed by atoms with Gasteiger partial charge in [-0.2, -0.15) is 0 Å². The molecule has 0 atom stereocenters. The topological polar surface area (TPSA) is 75.2 Å². The summed E-state index contributed by atoms with van der Waals surface area (Å²) in [5, 5.41) is 16.8. The SMILES string of the molecule is COc1cc(CO)c(NC(=S)NC2CCN(CCCCOc3ccc(F)cc3)CC2)cc1OC. The number of hydrogen-bond donors (Lipinski definition) is 3. The van der Waals surface area contributed by atoms with Crippen LogP contribution in [0.2, 0.25) is 0 Å². The van der Waals surface area contributed by atoms with Gasteiger partial charge in [-0.1, -0.05) is 0 Å². The first-order valence-corrected chi connectivity index (χ1v) is 12.0. The third-order valence-corrected chi connectivity index (χ3v) is 6.12. The molecule has 0 bridgehead atoms. The van der Waals surface area contributed by atoms with Gasteiger partial charge in [-0.3, -0.25) is 0 Å². The zero-order valence-corrected chi connectivity index (χ0v) is 20.6. The van der Waals surface area contributed by atoms with Gasteiger partial charge >= 0.3 is 0 Å². The first-order chi connectivity index (χ1) is 16.5. The number of methoxy groups -OCH3 is 2. The number of unbranched alkanes of at least 4 members (excludes halogenated alkanes) is 1. The third-order valence-electron chi connectivity index (χ3n) is 5.90. The molecule has 0 aromatic heterocycles. The Morgan fingerprint density at radius 1 is 1.09 bits per heavy atom. The van der Waals surface area contributed by atoms with Gasteiger partial charge in [0.05, 0.1) is 27.4 Å². The molecule has 186 valence electrons. The average Bonchev–Trinajstić information content (AvgIpc) is 2.85. The minimum Gasteiger partial charge on any atom is -0.494 e. The summed E-state index contributed by atoms with van der Waals surface area (Å²) in [7, 11) is 3.13. The Labute approximate surface area is 206 Å². The molecular formula is C25H34FN3O4S. The zero-order chi connectivity index (χ0) is 24.3. The van der Waals surface area contributed by atoms with Crippen molar-refractivity contribution in [1.82, 2.24) is 10.2 Å². The van der Waals surface area contributed by atoms with E-state index in [1.54, 1.807) is 38.5 Å². The minimum absolute atomic E-state index is 0.140. The number of aliphatic hydroxyl groups excluding tert-OH is 1. The Morgan fingerprint density at radius 3 is 2.41 bits per heavy atom. The van der Waals surface area contributed by atoms with E-state index in [4.69, 9.17) is 26.4 Å². The number of anilines is 1. The van der Waals surface area contributed by atoms with E-state index in [9.17, 15) is 9.50 Å². The zero-order valence-electron chi connectivity index (χ0n) is 19.8. The molecule has 0 saturated carbocycles. The standard InChI is InChI=1S/C25H34FN3O4S/c1-31-23-15-18(17-30)22(16-24(23)32-2)28-25(34)27-20-9-12-29(13-10-20)11-3-4-14-33-21-7-5-19(26)6-8-21/h5-8,15-16,20,30H,3-4,9-14,17H2,1-2H3,(H2,27,28,34). The lowest BCUT2D eigenvalue weighted by Crippen LogP contribution is -2.46. The molecule has 9 heteroatoms. The molecule has 7 nitrogen and oxygen atoms in total. The third kappa shape index (κ3) is 7.72. The number of halogens is 1. The average molecular weight is 492 g/mol. The molecule has 1 fully saturated rings. The summed E-state index contributed by atoms with van der Waals surface area (Å²) < 4.78 is 29.2. The van der Waals surface area contributed by atoms with Crippen LogP contribution >= 0.6 is 12.2 Å². The second-order valence-electron chi connectivity index (χ2n) is 8.25. The summed E-state index contributed by atoms with van der Waals surface area (Å²) >= 11 is 5.52. The van der Waals surface area contributed by atoms with Gasteiger partial charge in [-0.25, -0.2) is 4.39 Å². The van der Waals surface area contributed by atoms with E-state index in [0.717, 1.165) is 45.3 Å². The molecule has 0 amide bonds. The van der Waals surface area contributed by atoms with Gasteiger partial charge in [0.2, 0.25) is 0 Å². The quantitative estimate of drug-likeness (QED) is 0.322. The summed E-state index contributed by atoms with van der Waals surface area (Å²) in [4.78, 5) is 2.46. The number of rotatable bonds is 11. The Balaban J connectivity index is 1.35. The fourth-order valence-electron chi connectivity index (χ4n) is 3.97. The van der Waals surface area contributed by atoms with E-state index >= 15 is 0 Å². The highest BCUT2D eigenvalue weighted by Gasteiger charge is 2.20. The Morgan fingerprint density at radius 2 is 1.76 bits per heavy atom. The van der Waals surface area contributed by atoms with Crippen molar-refractivity contribution in [3.63, 3.8) is 0 Å². The van der Waals surface area contributed by atoms with Crippen LogP contribution in [-0.4, -0.2) is 61.6 Å². The number of nitrogens with one attached hydrogen (secondary N) is 2. The molecule has 2 aromatic carbocycles. The van der Waals surface area contributed by atoms with Crippen molar-refractivity contribution < 1.29 is 23.7 Å². The lowest BCUT2D eigenvalue weighted by molar-refractivity contribution is 0.197. The Bertz CT molecular complexity index is 921. The van der Waals surface area contributed by atoms with Crippen LogP contribution in [0.15, 0.2) is 36.4 Å². The fraction of sp³-hybridized carbons (Fsp3) is 0.480. The Kier molecular flexibility index (Phi) is 10.2. The predicted octanol–water partition coefficient (Wildman–Crippen LogP) is 3.95. The molecule has 0 aliphatic carbocycles. The number of nitrogens with zero attached hydrogens (tertiary/aromatic N) is 1. The smallest absolute Gasteiger partial charge is 0.171 e. The van der Waals surface area contributed by atoms with Gasteiger partial charge in [-0.15, -0.1) is 0 Å². The largest absolute Gasteiger partial charge is 0.494 e. The lowest BCUT2D eigenvalue weighted by atomic mass is 10.0. The van der Waals surface area contributed by atoms with Gasteiger partial charge in [0.1, 0.15) is 11.6 Å². The summed E-state index contributed by atoms with van der Waals surface area (Å²) in [6, 6.07) is 9.95. The van der Waals surface area contributed by atoms with E-state index in [1.807, 2.05) is 0 Å². The monoisotopic (exact) mass is 491 g/mol. The van der Waals surface area contributed by atoms with Crippen molar-refractivity contribution in [2.45, 2.75) is 38.3 Å². The maximum absolute atomic E-state index is 12.9. The second-order valence-corrected chi connectivity index (χ2v) is 8.65. The highest BCUT2D eigenvalue weighted by atomic mass is 32.1. The molecule has 0 radical (unpaired) electrons. The first kappa shape index (κ1) is 26.0. The number of piperidine rings is 1. The van der Waals surface area contributed by atoms with Crippen LogP contribution in [0.25, 0.3) is 0 Å². The predicted molar refractivity (Wildman–Crippen MR) is 135 cm³/mol. The van der Waals surface area contributed by atoms with Crippen molar-refractivity contribution in [3.05, 3.63) is 47.8 Å². The molecule has 1 aliphatic heterocycles. The fourth-order valence-corrected chi connectivity index (χ4v) is 4.25. The first-order valence-electron chi connectivity index (χ1n) is 11.6. The van der Waals surface area contributed by atoms with Crippen molar-refractivity contribution in [3.8, 4) is 17.2 Å². The maximum Gasteiger partial charge on any atom is 0.171 e. The van der Waals surface area contributed by atoms with Gasteiger partial charge < -0.3 is 34.9 Å². The molecule has 1 aliphatic rings. The normalized spacial score (nSPS) is 14.5. The number of aliphatic hydroxyl groups is 1. The second kappa shape index (κ2) is 13.3. The van der Waals surface area contributed by atoms with Crippen LogP contribution < -0.4 is 24.8 Å². The summed E-state index contributed by atoms with van der Waals surface area (Å²) in [5.41, 5.74) is 1.37. The van der Waals surface area contributed by atoms with E-state index in [0.29, 0.717) is 46.3 Å². The molecule has 3 N–H and O–H groups in total. The maximum atomic E-state index is 12.9. The number of thiocarbonyl (C=S) groups is 1. The highest BCUT2D eigenvalue weighted by molar-refractivity contribution is 7.80. The summed E-state index contributed by atoms with van der Waals surface area (Å²) in [6.45, 7) is 3.55. The molecular weight excluding hydrogens is 457 g/mol. The lowest BCUT2D eigenvalue weighted by Gasteiger charge is -2.33. The molecule has 2 aromatic rings. The van der Waals surface area contributed by atoms with E-state index < -0.39 is 0 Å². The van der Waals surface area contributed by atoms with Gasteiger partial charge in [0.15, 0.2) is 16.6 Å². The van der Waals surface area contributed by atoms with Crippen LogP contribution in [0.1, 0.15) is 31.2 Å². The number of benzene rings is 2. The van der Waals surface area contributed by atoms with Gasteiger partial charge in [-0.05, 0) is 74.8 Å². The van der Waals surface area contributed by atoms with Crippen LogP contribution in [0.4, 0.5) is 10.1 Å². The molecule has 1 heterocycles. The highest BCUT2D eigenvalue weighted by Crippen LogP contribution is 2.33. The number of hydrogen-bond acceptors (Lipinski definition) is 6. The molecule has 0 spiro atoms. The van der Waals surface area contributed by atoms with Crippen LogP contribution in [0.5, 0.6) is 17.2 Å². The van der Waals surface area contributed by atoms with Crippen LogP contribution in [-0.2, 0) is 6.61 Å². The van der Waals surface area contributed by atoms with E-state index in [2.05, 4.69) is 15.5 Å². The van der Waals surface area contributed by atoms with E-state index in [-0.39, 0.29) is 12.4 Å². The minimum atomic E-state index is -0.252. The summed E-state index contributed by atoms with van der Waals surface area (Å²) in [5.74, 6) is 1.58. The molecule has 34 heavy (non-hydrogen) atoms. The van der Waals surface area contributed by atoms with Crippen molar-refractivity contribution >= 4 is 23.0 Å². The molecule has 1 saturated heterocycles. The van der Waals surface area contributed by atoms with Crippen LogP contribution in [0, 0.1) is 5.82 Å². The van der Waals surface area contributed by atoms with Crippen molar-refractivity contribution in [2.75, 3.05) is 45.8 Å². The van der Waals surface area contributed by atoms with Crippen molar-refractivity contribution in [2.24, 2.45) is 0 Å². The van der Waals surface area contributed by atoms with Crippen LogP contribution in [0.3, 0.4) is 0 Å². The van der Waals surface area contributed by atoms with Crippen molar-refractivity contribution in [1.29, 1.82) is 0 Å². The molecule has 0 unspecified atom stereocenters. The van der Waals surface area contributed by atoms with E-state index in [1.165, 1.54) is 12.1 Å². The summed E-state index contributed by atoms with van der Waals surface area (Å²) in [6.07, 6.45) is 4.03.